The fourth-order valence-corrected chi connectivity index (χ4v) is 2.03. The highest BCUT2D eigenvalue weighted by molar-refractivity contribution is 5.68. The molecule has 0 saturated carbocycles. The van der Waals surface area contributed by atoms with E-state index in [1.54, 1.807) is 0 Å². The van der Waals surface area contributed by atoms with Crippen molar-refractivity contribution >= 4 is 6.09 Å². The highest BCUT2D eigenvalue weighted by Crippen LogP contribution is 2.10. The number of hydrogen-bond acceptors (Lipinski definition) is 3. The molecule has 1 aromatic carbocycles. The second kappa shape index (κ2) is 7.46. The lowest BCUT2D eigenvalue weighted by Crippen LogP contribution is -2.42. The zero-order valence-corrected chi connectivity index (χ0v) is 14.0. The average Bonchev–Trinajstić information content (AvgIpc) is 2.29. The second-order valence-corrected chi connectivity index (χ2v) is 6.61. The van der Waals surface area contributed by atoms with Crippen molar-refractivity contribution in [3.05, 3.63) is 34.9 Å². The van der Waals surface area contributed by atoms with Crippen molar-refractivity contribution in [1.29, 1.82) is 0 Å². The number of carbonyl (C=O) groups excluding carboxylic acids is 1. The Morgan fingerprint density at radius 2 is 1.95 bits per heavy atom. The molecule has 0 aromatic heterocycles. The van der Waals surface area contributed by atoms with Gasteiger partial charge in [-0.2, -0.15) is 0 Å². The van der Waals surface area contributed by atoms with Crippen molar-refractivity contribution in [3.63, 3.8) is 0 Å². The number of alkyl carbamates (subject to hydrolysis) is 1. The van der Waals surface area contributed by atoms with E-state index < -0.39 is 5.60 Å². The molecule has 0 radical (unpaired) electrons. The number of aryl methyl sites for hydroxylation is 2. The van der Waals surface area contributed by atoms with Gasteiger partial charge in [0.2, 0.25) is 0 Å². The van der Waals surface area contributed by atoms with Gasteiger partial charge in [-0.15, -0.1) is 0 Å². The topological polar surface area (TPSA) is 50.4 Å². The number of rotatable bonds is 5. The van der Waals surface area contributed by atoms with Crippen LogP contribution < -0.4 is 10.6 Å². The highest BCUT2D eigenvalue weighted by Gasteiger charge is 2.17. The van der Waals surface area contributed by atoms with Gasteiger partial charge in [0.1, 0.15) is 5.60 Å². The van der Waals surface area contributed by atoms with Gasteiger partial charge in [0, 0.05) is 19.1 Å². The third-order valence-electron chi connectivity index (χ3n) is 3.03. The van der Waals surface area contributed by atoms with E-state index in [9.17, 15) is 4.79 Å². The van der Waals surface area contributed by atoms with Crippen LogP contribution in [0.4, 0.5) is 4.79 Å². The first-order chi connectivity index (χ1) is 9.67. The first kappa shape index (κ1) is 17.5. The molecule has 1 atom stereocenters. The number of benzene rings is 1. The minimum absolute atomic E-state index is 0.0191. The Balaban J connectivity index is 2.33. The van der Waals surface area contributed by atoms with E-state index in [0.717, 1.165) is 6.54 Å². The Morgan fingerprint density at radius 1 is 1.29 bits per heavy atom. The first-order valence-electron chi connectivity index (χ1n) is 7.44. The van der Waals surface area contributed by atoms with Gasteiger partial charge in [-0.05, 0) is 52.7 Å². The van der Waals surface area contributed by atoms with Crippen molar-refractivity contribution in [3.8, 4) is 0 Å². The van der Waals surface area contributed by atoms with E-state index in [2.05, 4.69) is 42.7 Å². The molecule has 1 amide bonds. The Kier molecular flexibility index (Phi) is 6.21. The summed E-state index contributed by atoms with van der Waals surface area (Å²) in [4.78, 5) is 11.6. The molecule has 0 aliphatic heterocycles. The summed E-state index contributed by atoms with van der Waals surface area (Å²) in [6, 6.07) is 6.46. The molecule has 0 spiro atoms. The number of nitrogens with one attached hydrogen (secondary N) is 2. The standard InChI is InChI=1S/C17H28N2O2/c1-12-7-8-15(13(2)9-12)11-18-10-14(3)19-16(20)21-17(4,5)6/h7-9,14,18H,10-11H2,1-6H3,(H,19,20). The SMILES string of the molecule is Cc1ccc(CNCC(C)NC(=O)OC(C)(C)C)c(C)c1. The molecule has 0 bridgehead atoms. The predicted octanol–water partition coefficient (Wildman–Crippen LogP) is 3.31. The summed E-state index contributed by atoms with van der Waals surface area (Å²) in [7, 11) is 0. The third-order valence-corrected chi connectivity index (χ3v) is 3.03. The van der Waals surface area contributed by atoms with Crippen LogP contribution in [0.2, 0.25) is 0 Å². The van der Waals surface area contributed by atoms with Crippen LogP contribution in [0.25, 0.3) is 0 Å². The molecular formula is C17H28N2O2. The highest BCUT2D eigenvalue weighted by atomic mass is 16.6. The van der Waals surface area contributed by atoms with Crippen molar-refractivity contribution in [2.24, 2.45) is 0 Å². The summed E-state index contributed by atoms with van der Waals surface area (Å²) in [6.45, 7) is 13.2. The summed E-state index contributed by atoms with van der Waals surface area (Å²) in [6.07, 6.45) is -0.372. The Labute approximate surface area is 128 Å². The molecule has 118 valence electrons. The largest absolute Gasteiger partial charge is 0.444 e. The van der Waals surface area contributed by atoms with Gasteiger partial charge >= 0.3 is 6.09 Å². The van der Waals surface area contributed by atoms with Crippen LogP contribution in [-0.4, -0.2) is 24.3 Å². The fraction of sp³-hybridized carbons (Fsp3) is 0.588. The molecular weight excluding hydrogens is 264 g/mol. The molecule has 0 aliphatic carbocycles. The third kappa shape index (κ3) is 7.14. The van der Waals surface area contributed by atoms with Crippen LogP contribution in [0.3, 0.4) is 0 Å². The van der Waals surface area contributed by atoms with Gasteiger partial charge < -0.3 is 15.4 Å². The van der Waals surface area contributed by atoms with E-state index in [0.29, 0.717) is 6.54 Å². The van der Waals surface area contributed by atoms with Crippen LogP contribution in [0, 0.1) is 13.8 Å². The zero-order valence-electron chi connectivity index (χ0n) is 14.0. The molecule has 0 fully saturated rings. The molecule has 0 saturated heterocycles. The molecule has 0 aliphatic rings. The van der Waals surface area contributed by atoms with Crippen LogP contribution in [-0.2, 0) is 11.3 Å². The summed E-state index contributed by atoms with van der Waals surface area (Å²) in [5, 5.41) is 6.18. The molecule has 0 heterocycles. The quantitative estimate of drug-likeness (QED) is 0.875. The van der Waals surface area contributed by atoms with Crippen molar-refractivity contribution in [2.75, 3.05) is 6.54 Å². The van der Waals surface area contributed by atoms with Gasteiger partial charge in [0.25, 0.3) is 0 Å². The van der Waals surface area contributed by atoms with Gasteiger partial charge in [-0.1, -0.05) is 23.8 Å². The summed E-state index contributed by atoms with van der Waals surface area (Å²) in [5.74, 6) is 0. The number of amides is 1. The minimum Gasteiger partial charge on any atom is -0.444 e. The minimum atomic E-state index is -0.462. The lowest BCUT2D eigenvalue weighted by atomic mass is 10.1. The lowest BCUT2D eigenvalue weighted by molar-refractivity contribution is 0.0508. The maximum Gasteiger partial charge on any atom is 0.407 e. The van der Waals surface area contributed by atoms with Gasteiger partial charge in [-0.3, -0.25) is 0 Å². The number of ether oxygens (including phenoxy) is 1. The molecule has 2 N–H and O–H groups in total. The van der Waals surface area contributed by atoms with Crippen molar-refractivity contribution in [2.45, 2.75) is 59.7 Å². The van der Waals surface area contributed by atoms with Gasteiger partial charge in [0.15, 0.2) is 0 Å². The van der Waals surface area contributed by atoms with Gasteiger partial charge in [0.05, 0.1) is 0 Å². The van der Waals surface area contributed by atoms with Crippen molar-refractivity contribution in [1.82, 2.24) is 10.6 Å². The lowest BCUT2D eigenvalue weighted by Gasteiger charge is -2.22. The smallest absolute Gasteiger partial charge is 0.407 e. The Hall–Kier alpha value is -1.55. The van der Waals surface area contributed by atoms with Gasteiger partial charge in [-0.25, -0.2) is 4.79 Å². The maximum absolute atomic E-state index is 11.6. The molecule has 1 rings (SSSR count). The molecule has 4 heteroatoms. The molecule has 21 heavy (non-hydrogen) atoms. The summed E-state index contributed by atoms with van der Waals surface area (Å²) in [5.41, 5.74) is 3.38. The van der Waals surface area contributed by atoms with Crippen LogP contribution in [0.5, 0.6) is 0 Å². The van der Waals surface area contributed by atoms with E-state index in [4.69, 9.17) is 4.74 Å². The Bertz CT molecular complexity index is 478. The molecule has 1 unspecified atom stereocenters. The van der Waals surface area contributed by atoms with E-state index in [1.807, 2.05) is 27.7 Å². The summed E-state index contributed by atoms with van der Waals surface area (Å²) < 4.78 is 5.23. The van der Waals surface area contributed by atoms with Crippen LogP contribution in [0.15, 0.2) is 18.2 Å². The van der Waals surface area contributed by atoms with E-state index >= 15 is 0 Å². The van der Waals surface area contributed by atoms with Crippen molar-refractivity contribution < 1.29 is 9.53 Å². The van der Waals surface area contributed by atoms with E-state index in [-0.39, 0.29) is 12.1 Å². The Morgan fingerprint density at radius 3 is 2.52 bits per heavy atom. The zero-order chi connectivity index (χ0) is 16.0. The number of hydrogen-bond donors (Lipinski definition) is 2. The fourth-order valence-electron chi connectivity index (χ4n) is 2.03. The second-order valence-electron chi connectivity index (χ2n) is 6.61. The monoisotopic (exact) mass is 292 g/mol. The molecule has 4 nitrogen and oxygen atoms in total. The average molecular weight is 292 g/mol. The summed E-state index contributed by atoms with van der Waals surface area (Å²) >= 11 is 0. The van der Waals surface area contributed by atoms with Crippen LogP contribution in [0.1, 0.15) is 44.4 Å². The number of carbonyl (C=O) groups is 1. The van der Waals surface area contributed by atoms with Crippen LogP contribution >= 0.6 is 0 Å². The normalized spacial score (nSPS) is 12.9. The van der Waals surface area contributed by atoms with E-state index in [1.165, 1.54) is 16.7 Å². The maximum atomic E-state index is 11.6. The predicted molar refractivity (Wildman–Crippen MR) is 86.5 cm³/mol. The first-order valence-corrected chi connectivity index (χ1v) is 7.44. The molecule has 1 aromatic rings.